The molecule has 0 saturated carbocycles. The lowest BCUT2D eigenvalue weighted by atomic mass is 10.0. The molecule has 1 aliphatic heterocycles. The van der Waals surface area contributed by atoms with Crippen molar-refractivity contribution in [3.05, 3.63) is 0 Å². The van der Waals surface area contributed by atoms with Crippen LogP contribution in [0.15, 0.2) is 0 Å². The topological polar surface area (TPSA) is 292 Å². The maximum absolute atomic E-state index is 13.2. The molecule has 1 heterocycles. The lowest BCUT2D eigenvalue weighted by Gasteiger charge is -2.29. The molecule has 17 nitrogen and oxygen atoms in total. The number of nitrogens with one attached hydrogen (secondary N) is 3. The van der Waals surface area contributed by atoms with Crippen molar-refractivity contribution >= 4 is 41.5 Å². The number of aliphatic hydroxyl groups is 1. The number of aliphatic hydroxyl groups excluding tert-OH is 1. The van der Waals surface area contributed by atoms with E-state index in [1.807, 2.05) is 0 Å². The van der Waals surface area contributed by atoms with Gasteiger partial charge in [-0.05, 0) is 58.4 Å². The van der Waals surface area contributed by atoms with E-state index in [2.05, 4.69) is 16.0 Å². The van der Waals surface area contributed by atoms with E-state index in [1.165, 1.54) is 11.8 Å². The first-order valence-corrected chi connectivity index (χ1v) is 13.7. The average molecular weight is 603 g/mol. The van der Waals surface area contributed by atoms with Crippen LogP contribution in [0.1, 0.15) is 64.7 Å². The molecule has 238 valence electrons. The summed E-state index contributed by atoms with van der Waals surface area (Å²) in [6.45, 7) is 1.79. The fraction of sp³-hybridized carbons (Fsp3) is 0.720. The monoisotopic (exact) mass is 602 g/mol. The minimum absolute atomic E-state index is 0.0322. The third kappa shape index (κ3) is 12.0. The van der Waals surface area contributed by atoms with E-state index in [4.69, 9.17) is 21.7 Å². The van der Waals surface area contributed by atoms with Gasteiger partial charge in [0.2, 0.25) is 23.6 Å². The maximum Gasteiger partial charge on any atom is 0.326 e. The standard InChI is InChI=1S/C25H42N6O11/c1-13(32)20(27)24(40)31-12-4-6-17(31)23(39)29-15(8-10-19(35)36)21(37)28-14(7-9-18(33)34)22(38)30-16(25(41)42)5-2-3-11-26/h13-17,20,32H,2-12,26-27H2,1H3,(H,28,37)(H,29,39)(H,30,38)(H,33,34)(H,35,36)(H,41,42)/t13-,14+,15+,16+,17+,20+/m1/s1. The summed E-state index contributed by atoms with van der Waals surface area (Å²) in [6, 6.07) is -6.71. The molecule has 1 fully saturated rings. The summed E-state index contributed by atoms with van der Waals surface area (Å²) < 4.78 is 0. The van der Waals surface area contributed by atoms with Gasteiger partial charge in [0.1, 0.15) is 30.2 Å². The van der Waals surface area contributed by atoms with E-state index in [0.29, 0.717) is 25.8 Å². The highest BCUT2D eigenvalue weighted by Crippen LogP contribution is 2.19. The van der Waals surface area contributed by atoms with Crippen molar-refractivity contribution in [3.8, 4) is 0 Å². The molecule has 11 N–H and O–H groups in total. The Balaban J connectivity index is 3.11. The second-order valence-corrected chi connectivity index (χ2v) is 10.1. The van der Waals surface area contributed by atoms with Crippen molar-refractivity contribution in [2.24, 2.45) is 11.5 Å². The number of hydrogen-bond donors (Lipinski definition) is 9. The van der Waals surface area contributed by atoms with Crippen LogP contribution in [-0.2, 0) is 33.6 Å². The molecule has 1 saturated heterocycles. The van der Waals surface area contributed by atoms with E-state index in [-0.39, 0.29) is 19.4 Å². The Labute approximate surface area is 242 Å². The molecule has 4 amide bonds. The van der Waals surface area contributed by atoms with Crippen LogP contribution in [-0.4, -0.2) is 116 Å². The quantitative estimate of drug-likeness (QED) is 0.0670. The van der Waals surface area contributed by atoms with Gasteiger partial charge in [0.15, 0.2) is 0 Å². The summed E-state index contributed by atoms with van der Waals surface area (Å²) in [4.78, 5) is 87.1. The first-order valence-electron chi connectivity index (χ1n) is 13.7. The fourth-order valence-corrected chi connectivity index (χ4v) is 4.34. The van der Waals surface area contributed by atoms with Crippen molar-refractivity contribution in [1.29, 1.82) is 0 Å². The Kier molecular flexibility index (Phi) is 15.4. The lowest BCUT2D eigenvalue weighted by molar-refractivity contribution is -0.143. The largest absolute Gasteiger partial charge is 0.481 e. The molecule has 0 spiro atoms. The normalized spacial score (nSPS) is 18.2. The summed E-state index contributed by atoms with van der Waals surface area (Å²) >= 11 is 0. The van der Waals surface area contributed by atoms with Crippen molar-refractivity contribution in [2.75, 3.05) is 13.1 Å². The summed E-state index contributed by atoms with van der Waals surface area (Å²) in [5, 5.41) is 44.4. The number of rotatable bonds is 19. The second-order valence-electron chi connectivity index (χ2n) is 10.1. The molecule has 17 heteroatoms. The highest BCUT2D eigenvalue weighted by atomic mass is 16.4. The van der Waals surface area contributed by atoms with Crippen LogP contribution in [0.25, 0.3) is 0 Å². The van der Waals surface area contributed by atoms with Gasteiger partial charge in [-0.2, -0.15) is 0 Å². The smallest absolute Gasteiger partial charge is 0.326 e. The van der Waals surface area contributed by atoms with Crippen LogP contribution in [0.4, 0.5) is 0 Å². The number of likely N-dealkylation sites (tertiary alicyclic amines) is 1. The van der Waals surface area contributed by atoms with Crippen LogP contribution < -0.4 is 27.4 Å². The van der Waals surface area contributed by atoms with Gasteiger partial charge in [0, 0.05) is 19.4 Å². The number of carboxylic acids is 3. The second kappa shape index (κ2) is 17.9. The number of hydrogen-bond acceptors (Lipinski definition) is 10. The molecular weight excluding hydrogens is 560 g/mol. The zero-order chi connectivity index (χ0) is 32.0. The first-order chi connectivity index (χ1) is 19.7. The van der Waals surface area contributed by atoms with E-state index in [1.54, 1.807) is 0 Å². The molecule has 0 unspecified atom stereocenters. The maximum atomic E-state index is 13.2. The number of amides is 4. The number of carbonyl (C=O) groups excluding carboxylic acids is 4. The van der Waals surface area contributed by atoms with Crippen molar-refractivity contribution in [2.45, 2.75) is 101 Å². The number of carboxylic acid groups (broad SMARTS) is 3. The van der Waals surface area contributed by atoms with Gasteiger partial charge in [-0.25, -0.2) is 4.79 Å². The van der Waals surface area contributed by atoms with E-state index in [9.17, 15) is 43.8 Å². The van der Waals surface area contributed by atoms with E-state index in [0.717, 1.165) is 0 Å². The third-order valence-electron chi connectivity index (χ3n) is 6.76. The minimum Gasteiger partial charge on any atom is -0.481 e. The predicted octanol–water partition coefficient (Wildman–Crippen LogP) is -2.92. The SMILES string of the molecule is C[C@@H](O)[C@H](N)C(=O)N1CCC[C@H]1C(=O)N[C@@H](CCC(=O)O)C(=O)N[C@@H](CCC(=O)O)C(=O)N[C@@H](CCCCN)C(=O)O. The number of carbonyl (C=O) groups is 7. The molecule has 0 bridgehead atoms. The van der Waals surface area contributed by atoms with Gasteiger partial charge in [-0.15, -0.1) is 0 Å². The van der Waals surface area contributed by atoms with Gasteiger partial charge in [-0.3, -0.25) is 28.8 Å². The van der Waals surface area contributed by atoms with Crippen molar-refractivity contribution in [3.63, 3.8) is 0 Å². The van der Waals surface area contributed by atoms with Gasteiger partial charge < -0.3 is 52.7 Å². The van der Waals surface area contributed by atoms with Gasteiger partial charge in [-0.1, -0.05) is 0 Å². The van der Waals surface area contributed by atoms with Crippen LogP contribution in [0, 0.1) is 0 Å². The van der Waals surface area contributed by atoms with Crippen LogP contribution in [0.5, 0.6) is 0 Å². The lowest BCUT2D eigenvalue weighted by Crippen LogP contribution is -2.58. The Morgan fingerprint density at radius 2 is 1.36 bits per heavy atom. The number of aliphatic carboxylic acids is 3. The summed E-state index contributed by atoms with van der Waals surface area (Å²) in [7, 11) is 0. The molecule has 42 heavy (non-hydrogen) atoms. The number of unbranched alkanes of at least 4 members (excludes halogenated alkanes) is 1. The highest BCUT2D eigenvalue weighted by Gasteiger charge is 2.39. The fourth-order valence-electron chi connectivity index (χ4n) is 4.34. The van der Waals surface area contributed by atoms with E-state index < -0.39 is 104 Å². The van der Waals surface area contributed by atoms with Gasteiger partial charge in [0.05, 0.1) is 6.10 Å². The van der Waals surface area contributed by atoms with Gasteiger partial charge >= 0.3 is 17.9 Å². The molecule has 0 aromatic carbocycles. The van der Waals surface area contributed by atoms with Crippen molar-refractivity contribution < 1.29 is 54.0 Å². The van der Waals surface area contributed by atoms with Crippen LogP contribution >= 0.6 is 0 Å². The molecule has 0 aromatic heterocycles. The number of nitrogens with two attached hydrogens (primary N) is 2. The Morgan fingerprint density at radius 1 is 0.833 bits per heavy atom. The van der Waals surface area contributed by atoms with Crippen LogP contribution in [0.2, 0.25) is 0 Å². The van der Waals surface area contributed by atoms with Crippen LogP contribution in [0.3, 0.4) is 0 Å². The molecule has 0 aliphatic carbocycles. The van der Waals surface area contributed by atoms with E-state index >= 15 is 0 Å². The zero-order valence-corrected chi connectivity index (χ0v) is 23.5. The Bertz CT molecular complexity index is 992. The number of nitrogens with zero attached hydrogens (tertiary/aromatic N) is 1. The third-order valence-corrected chi connectivity index (χ3v) is 6.76. The molecule has 6 atom stereocenters. The molecular formula is C25H42N6O11. The highest BCUT2D eigenvalue weighted by molar-refractivity contribution is 5.96. The summed E-state index contributed by atoms with van der Waals surface area (Å²) in [6.07, 6.45) is -1.61. The summed E-state index contributed by atoms with van der Waals surface area (Å²) in [5.41, 5.74) is 11.1. The average Bonchev–Trinajstić information content (AvgIpc) is 3.41. The molecule has 0 radical (unpaired) electrons. The first kappa shape index (κ1) is 36.2. The summed E-state index contributed by atoms with van der Waals surface area (Å²) in [5.74, 6) is -7.39. The van der Waals surface area contributed by atoms with Gasteiger partial charge in [0.25, 0.3) is 0 Å². The molecule has 1 rings (SSSR count). The Hall–Kier alpha value is -3.83. The molecule has 0 aromatic rings. The Morgan fingerprint density at radius 3 is 1.83 bits per heavy atom. The van der Waals surface area contributed by atoms with Crippen molar-refractivity contribution in [1.82, 2.24) is 20.9 Å². The molecule has 1 aliphatic rings. The predicted molar refractivity (Wildman–Crippen MR) is 144 cm³/mol. The minimum atomic E-state index is -1.53. The zero-order valence-electron chi connectivity index (χ0n) is 23.5.